The van der Waals surface area contributed by atoms with E-state index in [1.54, 1.807) is 5.01 Å². The maximum Gasteiger partial charge on any atom is 0.265 e. The van der Waals surface area contributed by atoms with Crippen LogP contribution in [-0.2, 0) is 11.2 Å². The van der Waals surface area contributed by atoms with Crippen LogP contribution in [0.4, 0.5) is 11.4 Å². The molecule has 148 valence electrons. The molecule has 0 saturated carbocycles. The van der Waals surface area contributed by atoms with Gasteiger partial charge in [-0.1, -0.05) is 48.5 Å². The molecule has 1 amide bonds. The number of para-hydroxylation sites is 2. The number of hydrazine groups is 1. The van der Waals surface area contributed by atoms with Crippen LogP contribution in [0.15, 0.2) is 77.4 Å². The maximum atomic E-state index is 13.6. The van der Waals surface area contributed by atoms with Crippen molar-refractivity contribution in [2.45, 2.75) is 25.0 Å². The number of nitrogens with zero attached hydrogens (tertiary/aromatic N) is 4. The van der Waals surface area contributed by atoms with Crippen molar-refractivity contribution in [2.75, 3.05) is 10.3 Å². The molecule has 2 atom stereocenters. The molecule has 7 nitrogen and oxygen atoms in total. The first kappa shape index (κ1) is 17.0. The number of hydrogen-bond acceptors (Lipinski definition) is 6. The molecule has 3 heterocycles. The third-order valence-electron chi connectivity index (χ3n) is 5.94. The van der Waals surface area contributed by atoms with E-state index in [9.17, 15) is 4.79 Å². The number of hydrogen-bond donors (Lipinski definition) is 1. The Morgan fingerprint density at radius 1 is 0.933 bits per heavy atom. The molecule has 0 aliphatic carbocycles. The normalized spacial score (nSPS) is 20.3. The molecule has 1 saturated heterocycles. The highest BCUT2D eigenvalue weighted by Gasteiger charge is 2.50. The summed E-state index contributed by atoms with van der Waals surface area (Å²) in [5.41, 5.74) is 8.75. The summed E-state index contributed by atoms with van der Waals surface area (Å²) < 4.78 is 5.01. The summed E-state index contributed by atoms with van der Waals surface area (Å²) in [6, 6.07) is 23.6. The van der Waals surface area contributed by atoms with E-state index in [2.05, 4.69) is 32.8 Å². The molecule has 30 heavy (non-hydrogen) atoms. The number of aryl methyl sites for hydroxylation is 1. The van der Waals surface area contributed by atoms with Crippen LogP contribution in [-0.4, -0.2) is 27.3 Å². The number of anilines is 2. The summed E-state index contributed by atoms with van der Waals surface area (Å²) in [6.07, 6.45) is 1.27. The Bertz CT molecular complexity index is 1240. The first-order chi connectivity index (χ1) is 14.8. The Labute approximate surface area is 172 Å². The van der Waals surface area contributed by atoms with Crippen molar-refractivity contribution in [3.8, 4) is 0 Å². The smallest absolute Gasteiger partial charge is 0.265 e. The van der Waals surface area contributed by atoms with Gasteiger partial charge in [-0.15, -0.1) is 0 Å². The van der Waals surface area contributed by atoms with Gasteiger partial charge in [0, 0.05) is 11.3 Å². The molecule has 6 rings (SSSR count). The van der Waals surface area contributed by atoms with Gasteiger partial charge in [-0.3, -0.25) is 10.2 Å². The van der Waals surface area contributed by atoms with Crippen molar-refractivity contribution in [3.05, 3.63) is 83.9 Å². The number of carbonyl (C=O) groups excluding carboxylic acids is 1. The number of benzene rings is 3. The Balaban J connectivity index is 1.54. The summed E-state index contributed by atoms with van der Waals surface area (Å²) in [5, 5.41) is 9.87. The average molecular weight is 397 g/mol. The molecule has 3 aromatic carbocycles. The number of aromatic nitrogens is 2. The summed E-state index contributed by atoms with van der Waals surface area (Å²) in [4.78, 5) is 15.8. The third-order valence-corrected chi connectivity index (χ3v) is 5.94. The van der Waals surface area contributed by atoms with E-state index in [0.29, 0.717) is 11.0 Å². The summed E-state index contributed by atoms with van der Waals surface area (Å²) in [5.74, 6) is 0.0480. The van der Waals surface area contributed by atoms with Gasteiger partial charge in [0.05, 0.1) is 5.69 Å². The number of rotatable bonds is 3. The van der Waals surface area contributed by atoms with E-state index >= 15 is 0 Å². The van der Waals surface area contributed by atoms with E-state index in [1.807, 2.05) is 60.7 Å². The lowest BCUT2D eigenvalue weighted by atomic mass is 9.95. The standard InChI is InChI=1S/C23H19N5O2/c29-23-20-14-13-15-7-4-5-12-19(15)27(20)22(28(23)24-16-8-2-1-3-9-16)17-10-6-11-18-21(17)26-30-25-18/h1-12,20,22,24H,13-14H2/t20?,22-/m1/s1. The zero-order valence-electron chi connectivity index (χ0n) is 16.1. The van der Waals surface area contributed by atoms with Crippen molar-refractivity contribution in [3.63, 3.8) is 0 Å². The molecule has 0 bridgehead atoms. The van der Waals surface area contributed by atoms with E-state index in [1.165, 1.54) is 5.56 Å². The topological polar surface area (TPSA) is 74.5 Å². The van der Waals surface area contributed by atoms with Crippen LogP contribution in [0.5, 0.6) is 0 Å². The minimum absolute atomic E-state index is 0.0480. The molecule has 0 spiro atoms. The van der Waals surface area contributed by atoms with E-state index < -0.39 is 0 Å². The lowest BCUT2D eigenvalue weighted by molar-refractivity contribution is -0.128. The number of carbonyl (C=O) groups is 1. The molecule has 0 radical (unpaired) electrons. The number of fused-ring (bicyclic) bond motifs is 4. The van der Waals surface area contributed by atoms with Crippen LogP contribution >= 0.6 is 0 Å². The van der Waals surface area contributed by atoms with Gasteiger partial charge in [0.15, 0.2) is 6.17 Å². The van der Waals surface area contributed by atoms with Crippen molar-refractivity contribution >= 4 is 28.3 Å². The Morgan fingerprint density at radius 2 is 1.77 bits per heavy atom. The van der Waals surface area contributed by atoms with Crippen LogP contribution in [0.3, 0.4) is 0 Å². The minimum atomic E-state index is -0.375. The second-order valence-corrected chi connectivity index (χ2v) is 7.63. The van der Waals surface area contributed by atoms with Crippen LogP contribution in [0.1, 0.15) is 23.7 Å². The van der Waals surface area contributed by atoms with Gasteiger partial charge in [-0.05, 0) is 53.0 Å². The van der Waals surface area contributed by atoms with Gasteiger partial charge < -0.3 is 4.90 Å². The highest BCUT2D eigenvalue weighted by molar-refractivity contribution is 5.93. The predicted molar refractivity (Wildman–Crippen MR) is 112 cm³/mol. The van der Waals surface area contributed by atoms with Crippen LogP contribution in [0.25, 0.3) is 11.0 Å². The fourth-order valence-corrected chi connectivity index (χ4v) is 4.62. The molecule has 1 aromatic heterocycles. The molecule has 1 unspecified atom stereocenters. The predicted octanol–water partition coefficient (Wildman–Crippen LogP) is 3.91. The third kappa shape index (κ3) is 2.48. The summed E-state index contributed by atoms with van der Waals surface area (Å²) in [6.45, 7) is 0. The number of amides is 1. The quantitative estimate of drug-likeness (QED) is 0.565. The molecular weight excluding hydrogens is 378 g/mol. The molecule has 2 aliphatic rings. The zero-order valence-corrected chi connectivity index (χ0v) is 16.1. The fourth-order valence-electron chi connectivity index (χ4n) is 4.62. The van der Waals surface area contributed by atoms with Gasteiger partial charge in [-0.25, -0.2) is 9.64 Å². The maximum absolute atomic E-state index is 13.6. The SMILES string of the molecule is O=C1C2CCc3ccccc3N2[C@@H](c2cccc3nonc23)N1Nc1ccccc1. The fraction of sp³-hybridized carbons (Fsp3) is 0.174. The lowest BCUT2D eigenvalue weighted by Gasteiger charge is -2.37. The average Bonchev–Trinajstić information content (AvgIpc) is 3.38. The summed E-state index contributed by atoms with van der Waals surface area (Å²) in [7, 11) is 0. The van der Waals surface area contributed by atoms with Crippen LogP contribution in [0, 0.1) is 0 Å². The molecule has 4 aromatic rings. The van der Waals surface area contributed by atoms with Crippen molar-refractivity contribution in [1.82, 2.24) is 15.3 Å². The first-order valence-corrected chi connectivity index (χ1v) is 10.0. The van der Waals surface area contributed by atoms with Crippen molar-refractivity contribution in [1.29, 1.82) is 0 Å². The van der Waals surface area contributed by atoms with Gasteiger partial charge in [0.1, 0.15) is 17.1 Å². The Hall–Kier alpha value is -3.87. The number of nitrogens with one attached hydrogen (secondary N) is 1. The van der Waals surface area contributed by atoms with Crippen molar-refractivity contribution < 1.29 is 9.42 Å². The Morgan fingerprint density at radius 3 is 2.67 bits per heavy atom. The van der Waals surface area contributed by atoms with E-state index in [0.717, 1.165) is 29.8 Å². The lowest BCUT2D eigenvalue weighted by Crippen LogP contribution is -2.38. The largest absolute Gasteiger partial charge is 0.333 e. The molecule has 1 N–H and O–H groups in total. The molecule has 7 heteroatoms. The monoisotopic (exact) mass is 397 g/mol. The highest BCUT2D eigenvalue weighted by Crippen LogP contribution is 2.45. The van der Waals surface area contributed by atoms with Gasteiger partial charge in [0.2, 0.25) is 0 Å². The molecular formula is C23H19N5O2. The first-order valence-electron chi connectivity index (χ1n) is 10.0. The zero-order chi connectivity index (χ0) is 20.1. The van der Waals surface area contributed by atoms with Crippen LogP contribution in [0.2, 0.25) is 0 Å². The van der Waals surface area contributed by atoms with Gasteiger partial charge in [-0.2, -0.15) is 0 Å². The second kappa shape index (κ2) is 6.59. The van der Waals surface area contributed by atoms with E-state index in [4.69, 9.17) is 4.63 Å². The van der Waals surface area contributed by atoms with Crippen LogP contribution < -0.4 is 10.3 Å². The minimum Gasteiger partial charge on any atom is -0.333 e. The molecule has 1 fully saturated rings. The highest BCUT2D eigenvalue weighted by atomic mass is 16.6. The second-order valence-electron chi connectivity index (χ2n) is 7.63. The van der Waals surface area contributed by atoms with Gasteiger partial charge in [0.25, 0.3) is 5.91 Å². The summed E-state index contributed by atoms with van der Waals surface area (Å²) >= 11 is 0. The molecule has 2 aliphatic heterocycles. The van der Waals surface area contributed by atoms with Gasteiger partial charge >= 0.3 is 0 Å². The van der Waals surface area contributed by atoms with Crippen molar-refractivity contribution in [2.24, 2.45) is 0 Å². The van der Waals surface area contributed by atoms with E-state index in [-0.39, 0.29) is 18.1 Å². The Kier molecular flexibility index (Phi) is 3.74.